The molecule has 0 saturated carbocycles. The fraction of sp³-hybridized carbons (Fsp3) is 0.474. The quantitative estimate of drug-likeness (QED) is 0.723. The van der Waals surface area contributed by atoms with Crippen LogP contribution in [0.5, 0.6) is 0 Å². The molecule has 0 radical (unpaired) electrons. The van der Waals surface area contributed by atoms with Crippen LogP contribution in [-0.2, 0) is 9.47 Å². The number of aromatic nitrogens is 1. The van der Waals surface area contributed by atoms with Gasteiger partial charge in [-0.25, -0.2) is 0 Å². The number of benzene rings is 1. The standard InChI is InChI=1S/C19H24N2O4/c1-23-11-12-24-14-15-7-9-21(10-8-15)19(22)17-13-18(25-20-17)16-5-3-2-4-6-16/h2-6,13,15H,7-12,14H2,1H3. The first-order valence-corrected chi connectivity index (χ1v) is 8.66. The summed E-state index contributed by atoms with van der Waals surface area (Å²) in [4.78, 5) is 14.5. The predicted molar refractivity (Wildman–Crippen MR) is 93.3 cm³/mol. The van der Waals surface area contributed by atoms with Crippen molar-refractivity contribution >= 4 is 5.91 Å². The number of amides is 1. The van der Waals surface area contributed by atoms with Gasteiger partial charge in [-0.3, -0.25) is 4.79 Å². The van der Waals surface area contributed by atoms with Crippen molar-refractivity contribution in [1.29, 1.82) is 0 Å². The Morgan fingerprint density at radius 3 is 2.72 bits per heavy atom. The second-order valence-corrected chi connectivity index (χ2v) is 6.25. The van der Waals surface area contributed by atoms with Gasteiger partial charge in [0.1, 0.15) is 0 Å². The van der Waals surface area contributed by atoms with E-state index in [0.29, 0.717) is 30.6 Å². The van der Waals surface area contributed by atoms with Gasteiger partial charge in [0.15, 0.2) is 11.5 Å². The highest BCUT2D eigenvalue weighted by atomic mass is 16.5. The molecule has 1 aromatic carbocycles. The average molecular weight is 344 g/mol. The van der Waals surface area contributed by atoms with Crippen LogP contribution < -0.4 is 0 Å². The molecule has 0 aliphatic carbocycles. The van der Waals surface area contributed by atoms with Gasteiger partial charge < -0.3 is 18.9 Å². The summed E-state index contributed by atoms with van der Waals surface area (Å²) in [5.41, 5.74) is 1.29. The van der Waals surface area contributed by atoms with Crippen molar-refractivity contribution in [3.63, 3.8) is 0 Å². The van der Waals surface area contributed by atoms with E-state index < -0.39 is 0 Å². The molecule has 0 bridgehead atoms. The van der Waals surface area contributed by atoms with Crippen LogP contribution in [0.4, 0.5) is 0 Å². The van der Waals surface area contributed by atoms with Crippen LogP contribution in [0.2, 0.25) is 0 Å². The molecule has 1 amide bonds. The van der Waals surface area contributed by atoms with E-state index in [-0.39, 0.29) is 5.91 Å². The first-order valence-electron chi connectivity index (χ1n) is 8.66. The summed E-state index contributed by atoms with van der Waals surface area (Å²) >= 11 is 0. The van der Waals surface area contributed by atoms with Crippen LogP contribution in [0.15, 0.2) is 40.9 Å². The third-order valence-corrected chi connectivity index (χ3v) is 4.47. The molecule has 25 heavy (non-hydrogen) atoms. The second-order valence-electron chi connectivity index (χ2n) is 6.25. The van der Waals surface area contributed by atoms with Gasteiger partial charge in [-0.2, -0.15) is 0 Å². The summed E-state index contributed by atoms with van der Waals surface area (Å²) in [6.07, 6.45) is 1.89. The molecule has 0 atom stereocenters. The van der Waals surface area contributed by atoms with Crippen molar-refractivity contribution in [3.05, 3.63) is 42.1 Å². The van der Waals surface area contributed by atoms with Crippen molar-refractivity contribution in [2.75, 3.05) is 40.0 Å². The van der Waals surface area contributed by atoms with Gasteiger partial charge in [0.2, 0.25) is 0 Å². The second kappa shape index (κ2) is 8.78. The Morgan fingerprint density at radius 2 is 2.00 bits per heavy atom. The summed E-state index contributed by atoms with van der Waals surface area (Å²) in [6.45, 7) is 3.42. The molecule has 134 valence electrons. The highest BCUT2D eigenvalue weighted by molar-refractivity contribution is 5.93. The Labute approximate surface area is 147 Å². The van der Waals surface area contributed by atoms with Gasteiger partial charge in [-0.05, 0) is 18.8 Å². The van der Waals surface area contributed by atoms with Gasteiger partial charge in [-0.1, -0.05) is 35.5 Å². The zero-order chi connectivity index (χ0) is 17.5. The number of piperidine rings is 1. The number of hydrogen-bond donors (Lipinski definition) is 0. The third kappa shape index (κ3) is 4.67. The molecule has 3 rings (SSSR count). The van der Waals surface area contributed by atoms with Gasteiger partial charge in [0, 0.05) is 38.4 Å². The Balaban J connectivity index is 1.50. The van der Waals surface area contributed by atoms with Gasteiger partial charge in [-0.15, -0.1) is 0 Å². The molecule has 0 unspecified atom stereocenters. The van der Waals surface area contributed by atoms with Gasteiger partial charge in [0.25, 0.3) is 5.91 Å². The number of rotatable bonds is 7. The van der Waals surface area contributed by atoms with E-state index in [4.69, 9.17) is 14.0 Å². The smallest absolute Gasteiger partial charge is 0.276 e. The highest BCUT2D eigenvalue weighted by Gasteiger charge is 2.26. The van der Waals surface area contributed by atoms with Crippen LogP contribution in [-0.4, -0.2) is 56.0 Å². The average Bonchev–Trinajstić information content (AvgIpc) is 3.16. The normalized spacial score (nSPS) is 15.5. The Hall–Kier alpha value is -2.18. The molecule has 6 heteroatoms. The van der Waals surface area contributed by atoms with E-state index in [1.165, 1.54) is 0 Å². The van der Waals surface area contributed by atoms with Gasteiger partial charge in [0.05, 0.1) is 13.2 Å². The van der Waals surface area contributed by atoms with Crippen molar-refractivity contribution in [2.24, 2.45) is 5.92 Å². The molecule has 6 nitrogen and oxygen atoms in total. The molecular formula is C19H24N2O4. The molecule has 0 spiro atoms. The number of ether oxygens (including phenoxy) is 2. The van der Waals surface area contributed by atoms with Crippen molar-refractivity contribution in [3.8, 4) is 11.3 Å². The molecule has 1 aliphatic heterocycles. The maximum Gasteiger partial charge on any atom is 0.276 e. The largest absolute Gasteiger partial charge is 0.382 e. The fourth-order valence-corrected chi connectivity index (χ4v) is 2.97. The minimum atomic E-state index is -0.0651. The van der Waals surface area contributed by atoms with E-state index in [0.717, 1.165) is 38.1 Å². The minimum Gasteiger partial charge on any atom is -0.382 e. The molecular weight excluding hydrogens is 320 g/mol. The van der Waals surface area contributed by atoms with E-state index in [1.807, 2.05) is 35.2 Å². The first kappa shape index (κ1) is 17.6. The van der Waals surface area contributed by atoms with E-state index in [9.17, 15) is 4.79 Å². The molecule has 1 aliphatic rings. The number of carbonyl (C=O) groups excluding carboxylic acids is 1. The third-order valence-electron chi connectivity index (χ3n) is 4.47. The summed E-state index contributed by atoms with van der Waals surface area (Å²) in [5, 5.41) is 3.95. The monoisotopic (exact) mass is 344 g/mol. The lowest BCUT2D eigenvalue weighted by Gasteiger charge is -2.31. The van der Waals surface area contributed by atoms with Crippen LogP contribution >= 0.6 is 0 Å². The number of likely N-dealkylation sites (tertiary alicyclic amines) is 1. The molecule has 0 N–H and O–H groups in total. The minimum absolute atomic E-state index is 0.0651. The van der Waals surface area contributed by atoms with Gasteiger partial charge >= 0.3 is 0 Å². The summed E-state index contributed by atoms with van der Waals surface area (Å²) in [7, 11) is 1.67. The number of carbonyl (C=O) groups is 1. The lowest BCUT2D eigenvalue weighted by molar-refractivity contribution is 0.0325. The first-order chi connectivity index (χ1) is 12.3. The molecule has 1 fully saturated rings. The number of methoxy groups -OCH3 is 1. The lowest BCUT2D eigenvalue weighted by atomic mass is 9.97. The summed E-state index contributed by atoms with van der Waals surface area (Å²) < 4.78 is 15.9. The fourth-order valence-electron chi connectivity index (χ4n) is 2.97. The highest BCUT2D eigenvalue weighted by Crippen LogP contribution is 2.23. The molecule has 1 saturated heterocycles. The molecule has 1 aromatic heterocycles. The van der Waals surface area contributed by atoms with Crippen LogP contribution in [0, 0.1) is 5.92 Å². The van der Waals surface area contributed by atoms with Crippen LogP contribution in [0.1, 0.15) is 23.3 Å². The number of hydrogen-bond acceptors (Lipinski definition) is 5. The van der Waals surface area contributed by atoms with Crippen LogP contribution in [0.25, 0.3) is 11.3 Å². The van der Waals surface area contributed by atoms with Crippen molar-refractivity contribution in [2.45, 2.75) is 12.8 Å². The maximum absolute atomic E-state index is 12.6. The summed E-state index contributed by atoms with van der Waals surface area (Å²) in [5.74, 6) is 1.05. The lowest BCUT2D eigenvalue weighted by Crippen LogP contribution is -2.39. The predicted octanol–water partition coefficient (Wildman–Crippen LogP) is 2.86. The van der Waals surface area contributed by atoms with E-state index in [1.54, 1.807) is 13.2 Å². The zero-order valence-electron chi connectivity index (χ0n) is 14.5. The SMILES string of the molecule is COCCOCC1CCN(C(=O)c2cc(-c3ccccc3)on2)CC1. The van der Waals surface area contributed by atoms with Crippen LogP contribution in [0.3, 0.4) is 0 Å². The van der Waals surface area contributed by atoms with Crippen molar-refractivity contribution < 1.29 is 18.8 Å². The topological polar surface area (TPSA) is 64.8 Å². The Morgan fingerprint density at radius 1 is 1.24 bits per heavy atom. The zero-order valence-corrected chi connectivity index (χ0v) is 14.5. The number of nitrogens with zero attached hydrogens (tertiary/aromatic N) is 2. The maximum atomic E-state index is 12.6. The van der Waals surface area contributed by atoms with Crippen molar-refractivity contribution in [1.82, 2.24) is 10.1 Å². The summed E-state index contributed by atoms with van der Waals surface area (Å²) in [6, 6.07) is 11.4. The molecule has 2 heterocycles. The van der Waals surface area contributed by atoms with E-state index >= 15 is 0 Å². The van der Waals surface area contributed by atoms with E-state index in [2.05, 4.69) is 5.16 Å². The Kier molecular flexibility index (Phi) is 6.19. The molecule has 2 aromatic rings. The Bertz CT molecular complexity index is 663.